The van der Waals surface area contributed by atoms with Gasteiger partial charge in [0.2, 0.25) is 5.91 Å². The fraction of sp³-hybridized carbons (Fsp3) is 0.423. The van der Waals surface area contributed by atoms with Crippen molar-refractivity contribution in [3.8, 4) is 0 Å². The Morgan fingerprint density at radius 1 is 1.06 bits per heavy atom. The zero-order valence-corrected chi connectivity index (χ0v) is 21.5. The number of nitrogens with zero attached hydrogens (tertiary/aromatic N) is 3. The van der Waals surface area contributed by atoms with Crippen LogP contribution in [-0.4, -0.2) is 51.8 Å². The van der Waals surface area contributed by atoms with Crippen molar-refractivity contribution in [1.29, 1.82) is 0 Å². The normalized spacial score (nSPS) is 20.0. The van der Waals surface area contributed by atoms with Crippen LogP contribution in [0.4, 0.5) is 10.2 Å². The van der Waals surface area contributed by atoms with Gasteiger partial charge in [-0.05, 0) is 68.1 Å². The number of nitrogens with one attached hydrogen (secondary N) is 2. The molecule has 1 amide bonds. The smallest absolute Gasteiger partial charge is 0.251 e. The highest BCUT2D eigenvalue weighted by Crippen LogP contribution is 2.35. The van der Waals surface area contributed by atoms with Gasteiger partial charge < -0.3 is 20.1 Å². The molecule has 0 aliphatic carbocycles. The quantitative estimate of drug-likeness (QED) is 0.524. The Balaban J connectivity index is 0.00000267. The molecule has 1 saturated heterocycles. The average molecular weight is 530 g/mol. The van der Waals surface area contributed by atoms with Crippen molar-refractivity contribution in [2.24, 2.45) is 0 Å². The fourth-order valence-corrected chi connectivity index (χ4v) is 6.36. The summed E-state index contributed by atoms with van der Waals surface area (Å²) in [7, 11) is 0. The van der Waals surface area contributed by atoms with Crippen LogP contribution in [0, 0.1) is 5.82 Å². The van der Waals surface area contributed by atoms with Gasteiger partial charge in [-0.2, -0.15) is 0 Å². The SMILES string of the molecule is Cl.O=C1CSc2ccc(CNC3CCN(CC4CCn5c(=O)ccc6ccc(F)c4c65)CC3)nc2N1. The summed E-state index contributed by atoms with van der Waals surface area (Å²) in [6.45, 7) is 4.03. The van der Waals surface area contributed by atoms with Gasteiger partial charge in [-0.3, -0.25) is 9.59 Å². The Hall–Kier alpha value is -2.46. The maximum absolute atomic E-state index is 14.9. The van der Waals surface area contributed by atoms with Crippen LogP contribution in [0.1, 0.15) is 36.4 Å². The van der Waals surface area contributed by atoms with E-state index in [1.807, 2.05) is 12.1 Å². The molecule has 3 aliphatic heterocycles. The molecule has 3 aromatic rings. The van der Waals surface area contributed by atoms with E-state index in [4.69, 9.17) is 0 Å². The Bertz CT molecular complexity index is 1360. The Kier molecular flexibility index (Phi) is 7.35. The van der Waals surface area contributed by atoms with Crippen LogP contribution in [0.15, 0.2) is 46.1 Å². The lowest BCUT2D eigenvalue weighted by Crippen LogP contribution is -2.44. The average Bonchev–Trinajstić information content (AvgIpc) is 2.87. The van der Waals surface area contributed by atoms with E-state index in [2.05, 4.69) is 20.5 Å². The van der Waals surface area contributed by atoms with E-state index in [0.29, 0.717) is 36.3 Å². The van der Waals surface area contributed by atoms with Gasteiger partial charge >= 0.3 is 0 Å². The number of aryl methyl sites for hydroxylation is 1. The van der Waals surface area contributed by atoms with E-state index in [1.54, 1.807) is 28.8 Å². The van der Waals surface area contributed by atoms with Gasteiger partial charge in [-0.25, -0.2) is 9.37 Å². The number of carbonyl (C=O) groups is 1. The summed E-state index contributed by atoms with van der Waals surface area (Å²) in [6.07, 6.45) is 2.82. The maximum Gasteiger partial charge on any atom is 0.251 e. The molecule has 1 unspecified atom stereocenters. The fourth-order valence-electron chi connectivity index (χ4n) is 5.60. The van der Waals surface area contributed by atoms with Crippen molar-refractivity contribution in [3.63, 3.8) is 0 Å². The second-order valence-corrected chi connectivity index (χ2v) is 10.7. The molecule has 3 aliphatic rings. The summed E-state index contributed by atoms with van der Waals surface area (Å²) >= 11 is 1.52. The van der Waals surface area contributed by atoms with Gasteiger partial charge in [0.1, 0.15) is 11.6 Å². The molecule has 1 atom stereocenters. The van der Waals surface area contributed by atoms with Crippen LogP contribution in [0.5, 0.6) is 0 Å². The first-order valence-corrected chi connectivity index (χ1v) is 13.2. The van der Waals surface area contributed by atoms with E-state index < -0.39 is 0 Å². The molecule has 0 spiro atoms. The zero-order chi connectivity index (χ0) is 23.9. The lowest BCUT2D eigenvalue weighted by atomic mass is 9.88. The zero-order valence-electron chi connectivity index (χ0n) is 19.8. The second kappa shape index (κ2) is 10.5. The van der Waals surface area contributed by atoms with Crippen molar-refractivity contribution < 1.29 is 9.18 Å². The molecular weight excluding hydrogens is 501 g/mol. The van der Waals surface area contributed by atoms with Crippen LogP contribution in [0.25, 0.3) is 10.9 Å². The molecule has 0 radical (unpaired) electrons. The standard InChI is InChI=1S/C26H28FN5O2S.ClH/c27-20-4-1-16-2-6-23(34)32-12-7-17(24(20)25(16)32)14-31-10-8-18(9-11-31)28-13-19-3-5-21-26(29-19)30-22(33)15-35-21;/h1-6,17-18,28H,7-15H2,(H,29,30,33);1H. The first kappa shape index (κ1) is 25.2. The summed E-state index contributed by atoms with van der Waals surface area (Å²) in [6, 6.07) is 11.2. The number of pyridine rings is 2. The van der Waals surface area contributed by atoms with E-state index >= 15 is 0 Å². The molecular formula is C26H29ClFN5O2S. The molecule has 6 rings (SSSR count). The Morgan fingerprint density at radius 3 is 2.69 bits per heavy atom. The molecule has 10 heteroatoms. The molecule has 1 fully saturated rings. The topological polar surface area (TPSA) is 79.3 Å². The summed E-state index contributed by atoms with van der Waals surface area (Å²) < 4.78 is 16.7. The van der Waals surface area contributed by atoms with Gasteiger partial charge in [0.15, 0.2) is 0 Å². The van der Waals surface area contributed by atoms with Crippen molar-refractivity contribution in [2.45, 2.75) is 49.2 Å². The van der Waals surface area contributed by atoms with Crippen LogP contribution in [-0.2, 0) is 17.9 Å². The molecule has 1 aromatic carbocycles. The minimum absolute atomic E-state index is 0. The number of aromatic nitrogens is 2. The molecule has 7 nitrogen and oxygen atoms in total. The van der Waals surface area contributed by atoms with Crippen LogP contribution >= 0.6 is 24.2 Å². The Labute approximate surface area is 219 Å². The number of hydrogen-bond donors (Lipinski definition) is 2. The van der Waals surface area contributed by atoms with Gasteiger partial charge in [0.25, 0.3) is 5.56 Å². The predicted octanol–water partition coefficient (Wildman–Crippen LogP) is 3.74. The van der Waals surface area contributed by atoms with Crippen LogP contribution < -0.4 is 16.2 Å². The van der Waals surface area contributed by atoms with Crippen molar-refractivity contribution in [3.05, 3.63) is 63.8 Å². The third kappa shape index (κ3) is 4.89. The van der Waals surface area contributed by atoms with Crippen LogP contribution in [0.3, 0.4) is 0 Å². The predicted molar refractivity (Wildman–Crippen MR) is 143 cm³/mol. The van der Waals surface area contributed by atoms with E-state index in [0.717, 1.165) is 60.4 Å². The number of thioether (sulfide) groups is 1. The summed E-state index contributed by atoms with van der Waals surface area (Å²) in [5, 5.41) is 7.40. The number of likely N-dealkylation sites (tertiary alicyclic amines) is 1. The van der Waals surface area contributed by atoms with E-state index in [1.165, 1.54) is 11.8 Å². The van der Waals surface area contributed by atoms with E-state index in [9.17, 15) is 14.0 Å². The third-order valence-corrected chi connectivity index (χ3v) is 8.46. The van der Waals surface area contributed by atoms with Gasteiger partial charge in [-0.15, -0.1) is 24.2 Å². The molecule has 36 heavy (non-hydrogen) atoms. The largest absolute Gasteiger partial charge is 0.309 e. The Morgan fingerprint density at radius 2 is 1.86 bits per heavy atom. The van der Waals surface area contributed by atoms with Crippen molar-refractivity contribution >= 4 is 46.8 Å². The van der Waals surface area contributed by atoms with Gasteiger partial charge in [-0.1, -0.05) is 0 Å². The van der Waals surface area contributed by atoms with Crippen molar-refractivity contribution in [2.75, 3.05) is 30.7 Å². The summed E-state index contributed by atoms with van der Waals surface area (Å²) in [5.74, 6) is 0.998. The van der Waals surface area contributed by atoms with Gasteiger partial charge in [0.05, 0.1) is 21.9 Å². The third-order valence-electron chi connectivity index (χ3n) is 7.42. The lowest BCUT2D eigenvalue weighted by molar-refractivity contribution is -0.113. The molecule has 0 bridgehead atoms. The van der Waals surface area contributed by atoms with E-state index in [-0.39, 0.29) is 35.6 Å². The first-order valence-electron chi connectivity index (χ1n) is 12.3. The minimum atomic E-state index is -0.203. The number of amides is 1. The number of anilines is 1. The highest BCUT2D eigenvalue weighted by atomic mass is 35.5. The van der Waals surface area contributed by atoms with Gasteiger partial charge in [0, 0.05) is 43.2 Å². The number of carbonyl (C=O) groups excluding carboxylic acids is 1. The second-order valence-electron chi connectivity index (χ2n) is 9.65. The number of benzene rings is 1. The summed E-state index contributed by atoms with van der Waals surface area (Å²) in [5.41, 5.74) is 2.35. The lowest BCUT2D eigenvalue weighted by Gasteiger charge is -2.36. The van der Waals surface area contributed by atoms with Crippen LogP contribution in [0.2, 0.25) is 0 Å². The highest BCUT2D eigenvalue weighted by Gasteiger charge is 2.29. The number of hydrogen-bond acceptors (Lipinski definition) is 6. The molecule has 0 saturated carbocycles. The maximum atomic E-state index is 14.9. The van der Waals surface area contributed by atoms with Crippen molar-refractivity contribution in [1.82, 2.24) is 19.8 Å². The first-order chi connectivity index (χ1) is 17.0. The monoisotopic (exact) mass is 529 g/mol. The summed E-state index contributed by atoms with van der Waals surface area (Å²) in [4.78, 5) is 32.0. The number of halogens is 2. The number of fused-ring (bicyclic) bond motifs is 1. The molecule has 2 aromatic heterocycles. The number of rotatable bonds is 5. The minimum Gasteiger partial charge on any atom is -0.309 e. The highest BCUT2D eigenvalue weighted by molar-refractivity contribution is 8.00. The molecule has 190 valence electrons. The molecule has 5 heterocycles. The molecule has 2 N–H and O–H groups in total. The number of piperidine rings is 1.